The standard InChI is InChI=1S/C19H20N2O3/c1-3-24-14-16(11-17(12-20)13-21)6-4-5-15-7-9-18(10-8-15)19(22)23-2/h7-11,14H,3-6H2,1-2H3/b16-14+. The summed E-state index contributed by atoms with van der Waals surface area (Å²) < 4.78 is 9.93. The largest absolute Gasteiger partial charge is 0.501 e. The summed E-state index contributed by atoms with van der Waals surface area (Å²) in [6, 6.07) is 11.0. The molecule has 0 amide bonds. The number of allylic oxidation sites excluding steroid dienone is 3. The molecule has 5 nitrogen and oxygen atoms in total. The van der Waals surface area contributed by atoms with Crippen molar-refractivity contribution in [1.82, 2.24) is 0 Å². The molecule has 0 spiro atoms. The van der Waals surface area contributed by atoms with Gasteiger partial charge in [0.05, 0.1) is 25.5 Å². The number of carbonyl (C=O) groups is 1. The third-order valence-corrected chi connectivity index (χ3v) is 3.28. The molecule has 0 atom stereocenters. The van der Waals surface area contributed by atoms with Crippen LogP contribution in [-0.4, -0.2) is 19.7 Å². The highest BCUT2D eigenvalue weighted by Gasteiger charge is 2.05. The number of hydrogen-bond acceptors (Lipinski definition) is 5. The zero-order valence-corrected chi connectivity index (χ0v) is 13.9. The summed E-state index contributed by atoms with van der Waals surface area (Å²) in [7, 11) is 1.35. The second-order valence-electron chi connectivity index (χ2n) is 4.97. The normalized spacial score (nSPS) is 10.2. The lowest BCUT2D eigenvalue weighted by Crippen LogP contribution is -2.00. The van der Waals surface area contributed by atoms with Crippen molar-refractivity contribution in [2.24, 2.45) is 0 Å². The van der Waals surface area contributed by atoms with Gasteiger partial charge in [0.25, 0.3) is 0 Å². The van der Waals surface area contributed by atoms with Gasteiger partial charge in [0.2, 0.25) is 0 Å². The number of hydrogen-bond donors (Lipinski definition) is 0. The van der Waals surface area contributed by atoms with Gasteiger partial charge >= 0.3 is 5.97 Å². The first kappa shape index (κ1) is 19.0. The maximum absolute atomic E-state index is 11.4. The first-order chi connectivity index (χ1) is 11.6. The van der Waals surface area contributed by atoms with Gasteiger partial charge in [-0.25, -0.2) is 4.79 Å². The van der Waals surface area contributed by atoms with E-state index in [0.29, 0.717) is 18.6 Å². The smallest absolute Gasteiger partial charge is 0.337 e. The number of esters is 1. The number of nitrogens with zero attached hydrogens (tertiary/aromatic N) is 2. The van der Waals surface area contributed by atoms with Gasteiger partial charge < -0.3 is 9.47 Å². The lowest BCUT2D eigenvalue weighted by atomic mass is 10.0. The highest BCUT2D eigenvalue weighted by atomic mass is 16.5. The minimum Gasteiger partial charge on any atom is -0.501 e. The number of methoxy groups -OCH3 is 1. The molecule has 124 valence electrons. The SMILES string of the molecule is CCO/C=C(/C=C(C#N)C#N)CCCc1ccc(C(=O)OC)cc1. The molecule has 5 heteroatoms. The fourth-order valence-electron chi connectivity index (χ4n) is 2.05. The molecule has 0 N–H and O–H groups in total. The van der Waals surface area contributed by atoms with E-state index in [4.69, 9.17) is 15.3 Å². The first-order valence-corrected chi connectivity index (χ1v) is 7.64. The number of ether oxygens (including phenoxy) is 2. The van der Waals surface area contributed by atoms with Crippen molar-refractivity contribution in [3.63, 3.8) is 0 Å². The average Bonchev–Trinajstić information content (AvgIpc) is 2.63. The number of rotatable bonds is 8. The van der Waals surface area contributed by atoms with Gasteiger partial charge in [-0.1, -0.05) is 12.1 Å². The Hall–Kier alpha value is -3.05. The van der Waals surface area contributed by atoms with Crippen LogP contribution < -0.4 is 0 Å². The highest BCUT2D eigenvalue weighted by molar-refractivity contribution is 5.89. The Balaban J connectivity index is 2.65. The summed E-state index contributed by atoms with van der Waals surface area (Å²) in [5, 5.41) is 17.7. The Morgan fingerprint density at radius 1 is 1.21 bits per heavy atom. The molecule has 0 aromatic heterocycles. The third kappa shape index (κ3) is 6.37. The second-order valence-corrected chi connectivity index (χ2v) is 4.97. The van der Waals surface area contributed by atoms with Crippen molar-refractivity contribution in [1.29, 1.82) is 10.5 Å². The van der Waals surface area contributed by atoms with Crippen LogP contribution >= 0.6 is 0 Å². The molecule has 0 radical (unpaired) electrons. The number of benzene rings is 1. The van der Waals surface area contributed by atoms with E-state index in [2.05, 4.69) is 4.74 Å². The molecule has 0 bridgehead atoms. The van der Waals surface area contributed by atoms with Gasteiger partial charge in [-0.3, -0.25) is 0 Å². The molecule has 0 fully saturated rings. The minimum atomic E-state index is -0.353. The number of aryl methyl sites for hydroxylation is 1. The average molecular weight is 324 g/mol. The van der Waals surface area contributed by atoms with Crippen molar-refractivity contribution in [3.8, 4) is 12.1 Å². The van der Waals surface area contributed by atoms with Gasteiger partial charge in [-0.2, -0.15) is 10.5 Å². The Kier molecular flexibility index (Phi) is 8.42. The molecule has 1 aromatic rings. The molecule has 24 heavy (non-hydrogen) atoms. The van der Waals surface area contributed by atoms with Crippen LogP contribution in [0, 0.1) is 22.7 Å². The van der Waals surface area contributed by atoms with Crippen LogP contribution in [0.5, 0.6) is 0 Å². The molecule has 0 unspecified atom stereocenters. The van der Waals surface area contributed by atoms with Crippen LogP contribution in [0.2, 0.25) is 0 Å². The zero-order valence-electron chi connectivity index (χ0n) is 13.9. The Labute approximate surface area is 142 Å². The van der Waals surface area contributed by atoms with E-state index in [-0.39, 0.29) is 11.5 Å². The molecule has 1 rings (SSSR count). The van der Waals surface area contributed by atoms with Crippen LogP contribution in [0.3, 0.4) is 0 Å². The van der Waals surface area contributed by atoms with Crippen LogP contribution in [0.1, 0.15) is 35.7 Å². The fourth-order valence-corrected chi connectivity index (χ4v) is 2.05. The van der Waals surface area contributed by atoms with Crippen LogP contribution in [0.15, 0.2) is 47.7 Å². The second kappa shape index (κ2) is 10.6. The predicted octanol–water partition coefficient (Wildman–Crippen LogP) is 3.69. The monoisotopic (exact) mass is 324 g/mol. The Morgan fingerprint density at radius 3 is 2.42 bits per heavy atom. The fraction of sp³-hybridized carbons (Fsp3) is 0.316. The molecule has 0 heterocycles. The van der Waals surface area contributed by atoms with E-state index in [1.807, 2.05) is 31.2 Å². The van der Waals surface area contributed by atoms with Gasteiger partial charge in [0, 0.05) is 0 Å². The van der Waals surface area contributed by atoms with Crippen molar-refractivity contribution < 1.29 is 14.3 Å². The van der Waals surface area contributed by atoms with Gasteiger partial charge in [-0.05, 0) is 55.5 Å². The van der Waals surface area contributed by atoms with E-state index in [1.54, 1.807) is 24.5 Å². The van der Waals surface area contributed by atoms with Gasteiger partial charge in [0.1, 0.15) is 17.7 Å². The third-order valence-electron chi connectivity index (χ3n) is 3.28. The molecular weight excluding hydrogens is 304 g/mol. The predicted molar refractivity (Wildman–Crippen MR) is 89.7 cm³/mol. The van der Waals surface area contributed by atoms with Crippen LogP contribution in [-0.2, 0) is 15.9 Å². The summed E-state index contributed by atoms with van der Waals surface area (Å²) >= 11 is 0. The van der Waals surface area contributed by atoms with Gasteiger partial charge in [-0.15, -0.1) is 0 Å². The number of carbonyl (C=O) groups excluding carboxylic acids is 1. The molecular formula is C19H20N2O3. The van der Waals surface area contributed by atoms with E-state index in [9.17, 15) is 4.79 Å². The molecule has 0 saturated heterocycles. The minimum absolute atomic E-state index is 0.0587. The van der Waals surface area contributed by atoms with Crippen molar-refractivity contribution in [3.05, 3.63) is 58.9 Å². The highest BCUT2D eigenvalue weighted by Crippen LogP contribution is 2.14. The maximum atomic E-state index is 11.4. The quantitative estimate of drug-likeness (QED) is 0.315. The van der Waals surface area contributed by atoms with E-state index in [0.717, 1.165) is 24.0 Å². The summed E-state index contributed by atoms with van der Waals surface area (Å²) in [4.78, 5) is 11.4. The summed E-state index contributed by atoms with van der Waals surface area (Å²) in [5.41, 5.74) is 2.49. The van der Waals surface area contributed by atoms with E-state index in [1.165, 1.54) is 7.11 Å². The molecule has 0 aliphatic heterocycles. The molecule has 0 aliphatic rings. The topological polar surface area (TPSA) is 83.1 Å². The lowest BCUT2D eigenvalue weighted by Gasteiger charge is -2.05. The zero-order chi connectivity index (χ0) is 17.8. The molecule has 0 aliphatic carbocycles. The summed E-state index contributed by atoms with van der Waals surface area (Å²) in [5.74, 6) is -0.353. The van der Waals surface area contributed by atoms with Crippen molar-refractivity contribution >= 4 is 5.97 Å². The summed E-state index contributed by atoms with van der Waals surface area (Å²) in [6.07, 6.45) is 5.47. The van der Waals surface area contributed by atoms with Crippen LogP contribution in [0.4, 0.5) is 0 Å². The van der Waals surface area contributed by atoms with Crippen molar-refractivity contribution in [2.75, 3.05) is 13.7 Å². The number of nitriles is 2. The Bertz CT molecular complexity index is 673. The van der Waals surface area contributed by atoms with E-state index >= 15 is 0 Å². The molecule has 0 saturated carbocycles. The van der Waals surface area contributed by atoms with E-state index < -0.39 is 0 Å². The maximum Gasteiger partial charge on any atom is 0.337 e. The first-order valence-electron chi connectivity index (χ1n) is 7.64. The van der Waals surface area contributed by atoms with Gasteiger partial charge in [0.15, 0.2) is 0 Å². The van der Waals surface area contributed by atoms with Crippen LogP contribution in [0.25, 0.3) is 0 Å². The molecule has 1 aromatic carbocycles. The Morgan fingerprint density at radius 2 is 1.88 bits per heavy atom. The van der Waals surface area contributed by atoms with Crippen molar-refractivity contribution in [2.45, 2.75) is 26.2 Å². The lowest BCUT2D eigenvalue weighted by molar-refractivity contribution is 0.0600. The summed E-state index contributed by atoms with van der Waals surface area (Å²) in [6.45, 7) is 2.40.